The summed E-state index contributed by atoms with van der Waals surface area (Å²) in [6.45, 7) is 6.34. The van der Waals surface area contributed by atoms with Gasteiger partial charge in [0.25, 0.3) is 0 Å². The first-order valence-corrected chi connectivity index (χ1v) is 9.73. The zero-order valence-electron chi connectivity index (χ0n) is 16.7. The summed E-state index contributed by atoms with van der Waals surface area (Å²) in [5.74, 6) is 2.11. The predicted molar refractivity (Wildman–Crippen MR) is 117 cm³/mol. The van der Waals surface area contributed by atoms with E-state index in [1.165, 1.54) is 0 Å². The average molecular weight is 379 g/mol. The lowest BCUT2D eigenvalue weighted by Gasteiger charge is -2.18. The Balaban J connectivity index is 1.71. The van der Waals surface area contributed by atoms with Gasteiger partial charge in [-0.25, -0.2) is 15.0 Å². The summed E-state index contributed by atoms with van der Waals surface area (Å²) in [5.41, 5.74) is 3.43. The maximum Gasteiger partial charge on any atom is 0.163 e. The Morgan fingerprint density at radius 3 is 2.03 bits per heavy atom. The minimum atomic E-state index is -0.190. The molecule has 0 N–H and O–H groups in total. The maximum atomic E-state index is 6.06. The highest BCUT2D eigenvalue weighted by atomic mass is 16.3. The summed E-state index contributed by atoms with van der Waals surface area (Å²) >= 11 is 0. The minimum Gasteiger partial charge on any atom is -0.456 e. The van der Waals surface area contributed by atoms with Crippen LogP contribution in [0.1, 0.15) is 26.6 Å². The van der Waals surface area contributed by atoms with Crippen molar-refractivity contribution in [1.82, 2.24) is 15.0 Å². The summed E-state index contributed by atoms with van der Waals surface area (Å²) in [4.78, 5) is 14.3. The van der Waals surface area contributed by atoms with E-state index in [1.807, 2.05) is 54.6 Å². The van der Waals surface area contributed by atoms with Crippen molar-refractivity contribution in [2.45, 2.75) is 26.2 Å². The molecule has 0 atom stereocenters. The monoisotopic (exact) mass is 379 g/mol. The second-order valence-corrected chi connectivity index (χ2v) is 8.23. The van der Waals surface area contributed by atoms with E-state index in [0.29, 0.717) is 11.6 Å². The Labute approximate surface area is 169 Å². The molecule has 0 saturated heterocycles. The Hall–Kier alpha value is -3.53. The van der Waals surface area contributed by atoms with Crippen LogP contribution in [0.2, 0.25) is 0 Å². The fourth-order valence-corrected chi connectivity index (χ4v) is 3.42. The molecule has 4 heteroatoms. The van der Waals surface area contributed by atoms with Crippen LogP contribution in [0.4, 0.5) is 0 Å². The smallest absolute Gasteiger partial charge is 0.163 e. The highest BCUT2D eigenvalue weighted by Crippen LogP contribution is 2.32. The van der Waals surface area contributed by atoms with Crippen LogP contribution in [-0.2, 0) is 5.41 Å². The molecule has 0 unspecified atom stereocenters. The third-order valence-corrected chi connectivity index (χ3v) is 4.98. The molecule has 5 rings (SSSR count). The molecular weight excluding hydrogens is 358 g/mol. The molecule has 0 aliphatic rings. The summed E-state index contributed by atoms with van der Waals surface area (Å²) in [5, 5.41) is 2.21. The Morgan fingerprint density at radius 1 is 0.621 bits per heavy atom. The van der Waals surface area contributed by atoms with Gasteiger partial charge < -0.3 is 4.42 Å². The van der Waals surface area contributed by atoms with Gasteiger partial charge in [0, 0.05) is 27.3 Å². The first-order valence-electron chi connectivity index (χ1n) is 9.73. The van der Waals surface area contributed by atoms with Crippen molar-refractivity contribution < 1.29 is 4.42 Å². The third kappa shape index (κ3) is 3.17. The molecule has 0 radical (unpaired) electrons. The van der Waals surface area contributed by atoms with E-state index in [9.17, 15) is 0 Å². The van der Waals surface area contributed by atoms with Gasteiger partial charge in [-0.2, -0.15) is 0 Å². The van der Waals surface area contributed by atoms with Gasteiger partial charge in [0.15, 0.2) is 11.6 Å². The van der Waals surface area contributed by atoms with Crippen molar-refractivity contribution >= 4 is 21.9 Å². The van der Waals surface area contributed by atoms with E-state index in [4.69, 9.17) is 19.4 Å². The lowest BCUT2D eigenvalue weighted by Crippen LogP contribution is -2.18. The second kappa shape index (κ2) is 6.52. The first-order chi connectivity index (χ1) is 14.0. The van der Waals surface area contributed by atoms with Gasteiger partial charge in [0.2, 0.25) is 0 Å². The van der Waals surface area contributed by atoms with Crippen LogP contribution in [-0.4, -0.2) is 15.0 Å². The van der Waals surface area contributed by atoms with Gasteiger partial charge in [-0.1, -0.05) is 75.4 Å². The van der Waals surface area contributed by atoms with E-state index in [0.717, 1.165) is 38.9 Å². The topological polar surface area (TPSA) is 51.8 Å². The average Bonchev–Trinajstić information content (AvgIpc) is 3.11. The van der Waals surface area contributed by atoms with Crippen LogP contribution in [0.3, 0.4) is 0 Å². The summed E-state index contributed by atoms with van der Waals surface area (Å²) in [7, 11) is 0. The number of hydrogen-bond donors (Lipinski definition) is 0. The van der Waals surface area contributed by atoms with Crippen molar-refractivity contribution in [2.24, 2.45) is 0 Å². The number of fused-ring (bicyclic) bond motifs is 3. The molecular formula is C25H21N3O. The lowest BCUT2D eigenvalue weighted by molar-refractivity contribution is 0.543. The zero-order valence-corrected chi connectivity index (χ0v) is 16.7. The van der Waals surface area contributed by atoms with Crippen molar-refractivity contribution in [1.29, 1.82) is 0 Å². The van der Waals surface area contributed by atoms with Crippen LogP contribution in [0.15, 0.2) is 77.2 Å². The van der Waals surface area contributed by atoms with Crippen molar-refractivity contribution in [3.63, 3.8) is 0 Å². The highest BCUT2D eigenvalue weighted by molar-refractivity contribution is 6.05. The van der Waals surface area contributed by atoms with Crippen LogP contribution in [0.25, 0.3) is 44.7 Å². The Morgan fingerprint density at radius 2 is 1.28 bits per heavy atom. The normalized spacial score (nSPS) is 12.0. The largest absolute Gasteiger partial charge is 0.456 e. The SMILES string of the molecule is CC(C)(C)c1nc(-c2ccccc2)nc(-c2ccc3c(c2)oc2ccccc23)n1. The van der Waals surface area contributed by atoms with E-state index in [2.05, 4.69) is 39.0 Å². The molecule has 0 saturated carbocycles. The van der Waals surface area contributed by atoms with Crippen molar-refractivity contribution in [3.05, 3.63) is 78.6 Å². The van der Waals surface area contributed by atoms with Crippen molar-refractivity contribution in [2.75, 3.05) is 0 Å². The summed E-state index contributed by atoms with van der Waals surface area (Å²) in [6.07, 6.45) is 0. The number of hydrogen-bond acceptors (Lipinski definition) is 4. The van der Waals surface area contributed by atoms with E-state index < -0.39 is 0 Å². The minimum absolute atomic E-state index is 0.190. The predicted octanol–water partition coefficient (Wildman–Crippen LogP) is 6.40. The van der Waals surface area contributed by atoms with Gasteiger partial charge in [-0.05, 0) is 18.2 Å². The van der Waals surface area contributed by atoms with Gasteiger partial charge in [0.05, 0.1) is 0 Å². The fraction of sp³-hybridized carbons (Fsp3) is 0.160. The molecule has 3 aromatic carbocycles. The molecule has 29 heavy (non-hydrogen) atoms. The molecule has 0 amide bonds. The van der Waals surface area contributed by atoms with Crippen molar-refractivity contribution in [3.8, 4) is 22.8 Å². The first kappa shape index (κ1) is 17.6. The number of benzene rings is 3. The molecule has 4 nitrogen and oxygen atoms in total. The van der Waals surface area contributed by atoms with Gasteiger partial charge >= 0.3 is 0 Å². The molecule has 142 valence electrons. The molecule has 0 bridgehead atoms. The van der Waals surface area contributed by atoms with Gasteiger partial charge in [0.1, 0.15) is 17.0 Å². The van der Waals surface area contributed by atoms with E-state index in [1.54, 1.807) is 0 Å². The van der Waals surface area contributed by atoms with E-state index in [-0.39, 0.29) is 5.41 Å². The second-order valence-electron chi connectivity index (χ2n) is 8.23. The van der Waals surface area contributed by atoms with Crippen LogP contribution < -0.4 is 0 Å². The molecule has 5 aromatic rings. The molecule has 0 fully saturated rings. The fourth-order valence-electron chi connectivity index (χ4n) is 3.42. The molecule has 0 spiro atoms. The lowest BCUT2D eigenvalue weighted by atomic mass is 9.95. The third-order valence-electron chi connectivity index (χ3n) is 4.98. The van der Waals surface area contributed by atoms with Crippen LogP contribution in [0, 0.1) is 0 Å². The maximum absolute atomic E-state index is 6.06. The van der Waals surface area contributed by atoms with Gasteiger partial charge in [-0.3, -0.25) is 0 Å². The number of aromatic nitrogens is 3. The van der Waals surface area contributed by atoms with Crippen LogP contribution in [0.5, 0.6) is 0 Å². The summed E-state index contributed by atoms with van der Waals surface area (Å²) < 4.78 is 6.06. The standard InChI is InChI=1S/C25H21N3O/c1-25(2,3)24-27-22(16-9-5-4-6-10-16)26-23(28-24)17-13-14-19-18-11-7-8-12-20(18)29-21(19)15-17/h4-15H,1-3H3. The highest BCUT2D eigenvalue weighted by Gasteiger charge is 2.21. The number of para-hydroxylation sites is 1. The molecule has 2 aromatic heterocycles. The quantitative estimate of drug-likeness (QED) is 0.356. The molecule has 0 aliphatic carbocycles. The van der Waals surface area contributed by atoms with E-state index >= 15 is 0 Å². The van der Waals surface area contributed by atoms with Crippen LogP contribution >= 0.6 is 0 Å². The summed E-state index contributed by atoms with van der Waals surface area (Å²) in [6, 6.07) is 24.3. The Bertz CT molecular complexity index is 1330. The molecule has 0 aliphatic heterocycles. The zero-order chi connectivity index (χ0) is 20.0. The Kier molecular flexibility index (Phi) is 3.95. The number of rotatable bonds is 2. The number of furan rings is 1. The number of nitrogens with zero attached hydrogens (tertiary/aromatic N) is 3. The molecule has 2 heterocycles. The van der Waals surface area contributed by atoms with Gasteiger partial charge in [-0.15, -0.1) is 0 Å².